The van der Waals surface area contributed by atoms with Gasteiger partial charge < -0.3 is 0 Å². The third kappa shape index (κ3) is 3.57. The van der Waals surface area contributed by atoms with E-state index >= 15 is 0 Å². The van der Waals surface area contributed by atoms with Crippen molar-refractivity contribution in [1.82, 2.24) is 0 Å². The van der Waals surface area contributed by atoms with Crippen LogP contribution < -0.4 is 0 Å². The summed E-state index contributed by atoms with van der Waals surface area (Å²) < 4.78 is 3.34. The molecule has 24 heavy (non-hydrogen) atoms. The van der Waals surface area contributed by atoms with Gasteiger partial charge in [-0.15, -0.1) is 35.2 Å². The first kappa shape index (κ1) is 16.9. The molecule has 0 radical (unpaired) electrons. The van der Waals surface area contributed by atoms with Crippen LogP contribution >= 0.6 is 0 Å². The predicted molar refractivity (Wildman–Crippen MR) is 100 cm³/mol. The first-order valence-corrected chi connectivity index (χ1v) is 9.69. The van der Waals surface area contributed by atoms with Gasteiger partial charge in [0, 0.05) is 0 Å². The van der Waals surface area contributed by atoms with Crippen LogP contribution in [0, 0.1) is 6.07 Å². The molecule has 0 heterocycles. The van der Waals surface area contributed by atoms with Crippen molar-refractivity contribution < 1.29 is 24.2 Å². The maximum atomic E-state index is 3.34. The molecule has 0 fully saturated rings. The predicted octanol–water partition coefficient (Wildman–Crippen LogP) is 5.58. The summed E-state index contributed by atoms with van der Waals surface area (Å²) in [7, 11) is 0. The number of hydrogen-bond donors (Lipinski definition) is 0. The van der Waals surface area contributed by atoms with Crippen molar-refractivity contribution in [1.29, 1.82) is 0 Å². The number of benzene rings is 3. The SMILES string of the molecule is [CH2]=[Zr+2].[c-]1cccc2c1Cc1ccccc1-2.c1ccc2[cH-]ccc2c1. The molecule has 0 bridgehead atoms. The normalized spacial score (nSPS) is 10.8. The topological polar surface area (TPSA) is 0 Å². The van der Waals surface area contributed by atoms with Crippen molar-refractivity contribution >= 4 is 15.0 Å². The first-order chi connectivity index (χ1) is 11.9. The Morgan fingerprint density at radius 3 is 2.46 bits per heavy atom. The third-order valence-corrected chi connectivity index (χ3v) is 4.16. The fourth-order valence-corrected chi connectivity index (χ4v) is 3.07. The van der Waals surface area contributed by atoms with Crippen LogP contribution in [0.3, 0.4) is 0 Å². The molecule has 5 rings (SSSR count). The second-order valence-electron chi connectivity index (χ2n) is 5.55. The number of rotatable bonds is 0. The summed E-state index contributed by atoms with van der Waals surface area (Å²) in [5.74, 6) is 0. The summed E-state index contributed by atoms with van der Waals surface area (Å²) in [6, 6.07) is 32.8. The Balaban J connectivity index is 0.000000135. The summed E-state index contributed by atoms with van der Waals surface area (Å²) in [6.07, 6.45) is 1.05. The van der Waals surface area contributed by atoms with E-state index in [4.69, 9.17) is 0 Å². The molecule has 0 nitrogen and oxygen atoms in total. The second-order valence-corrected chi connectivity index (χ2v) is 5.55. The van der Waals surface area contributed by atoms with Crippen LogP contribution in [-0.4, -0.2) is 4.21 Å². The smallest absolute Gasteiger partial charge is 0.0253 e. The quantitative estimate of drug-likeness (QED) is 0.305. The van der Waals surface area contributed by atoms with Crippen molar-refractivity contribution in [3.05, 3.63) is 102 Å². The fourth-order valence-electron chi connectivity index (χ4n) is 3.07. The molecule has 0 saturated heterocycles. The van der Waals surface area contributed by atoms with Crippen molar-refractivity contribution in [3.63, 3.8) is 0 Å². The minimum Gasteiger partial charge on any atom is -0.179 e. The Morgan fingerprint density at radius 1 is 0.833 bits per heavy atom. The van der Waals surface area contributed by atoms with Gasteiger partial charge >= 0.3 is 28.4 Å². The van der Waals surface area contributed by atoms with Gasteiger partial charge in [-0.3, -0.25) is 0 Å². The molecule has 114 valence electrons. The molecule has 1 aliphatic carbocycles. The van der Waals surface area contributed by atoms with E-state index in [0.29, 0.717) is 0 Å². The zero-order valence-electron chi connectivity index (χ0n) is 13.5. The Labute approximate surface area is 158 Å². The Bertz CT molecular complexity index is 860. The number of fused-ring (bicyclic) bond motifs is 4. The largest absolute Gasteiger partial charge is 0.179 e. The van der Waals surface area contributed by atoms with Crippen LogP contribution in [0.5, 0.6) is 0 Å². The maximum absolute atomic E-state index is 3.34. The van der Waals surface area contributed by atoms with Crippen LogP contribution in [0.2, 0.25) is 0 Å². The van der Waals surface area contributed by atoms with Crippen molar-refractivity contribution in [2.75, 3.05) is 0 Å². The van der Waals surface area contributed by atoms with Gasteiger partial charge in [0.1, 0.15) is 0 Å². The van der Waals surface area contributed by atoms with E-state index in [0.717, 1.165) is 6.42 Å². The van der Waals surface area contributed by atoms with Gasteiger partial charge in [0.25, 0.3) is 0 Å². The van der Waals surface area contributed by atoms with Crippen LogP contribution in [0.4, 0.5) is 0 Å². The van der Waals surface area contributed by atoms with E-state index in [1.807, 2.05) is 6.07 Å². The van der Waals surface area contributed by atoms with Crippen LogP contribution in [0.1, 0.15) is 11.1 Å². The molecule has 0 aromatic heterocycles. The molecule has 0 atom stereocenters. The minimum absolute atomic E-state index is 1.05. The molecular weight excluding hydrogens is 367 g/mol. The van der Waals surface area contributed by atoms with E-state index < -0.39 is 0 Å². The van der Waals surface area contributed by atoms with Gasteiger partial charge in [0.15, 0.2) is 0 Å². The molecule has 1 aliphatic rings. The first-order valence-electron chi connectivity index (χ1n) is 7.95. The zero-order chi connectivity index (χ0) is 16.8. The minimum atomic E-state index is 1.05. The average Bonchev–Trinajstić information content (AvgIpc) is 3.28. The van der Waals surface area contributed by atoms with Gasteiger partial charge in [-0.2, -0.15) is 47.3 Å². The Kier molecular flexibility index (Phi) is 5.78. The van der Waals surface area contributed by atoms with Crippen LogP contribution in [0.25, 0.3) is 21.9 Å². The standard InChI is InChI=1S/C13H9.C9H7.CH2.Zr/c1-3-7-12-10(5-1)9-11-6-2-4-8-13(11)12;1-2-5-9-7-3-6-8(9)4-1;;/h1-5,7-8H,9H2;1-7H;1H2;/q2*-1;;+2. The van der Waals surface area contributed by atoms with Gasteiger partial charge in [-0.25, -0.2) is 0 Å². The molecular formula is C23H18Zr. The summed E-state index contributed by atoms with van der Waals surface area (Å²) >= 11 is 1.30. The van der Waals surface area contributed by atoms with E-state index in [-0.39, 0.29) is 0 Å². The molecule has 0 unspecified atom stereocenters. The summed E-state index contributed by atoms with van der Waals surface area (Å²) in [5, 5.41) is 2.66. The third-order valence-electron chi connectivity index (χ3n) is 4.16. The van der Waals surface area contributed by atoms with Gasteiger partial charge in [-0.05, 0) is 6.42 Å². The van der Waals surface area contributed by atoms with Crippen LogP contribution in [0.15, 0.2) is 84.9 Å². The molecule has 0 saturated carbocycles. The van der Waals surface area contributed by atoms with Crippen molar-refractivity contribution in [2.45, 2.75) is 6.42 Å². The summed E-state index contributed by atoms with van der Waals surface area (Å²) in [4.78, 5) is 0. The average molecular weight is 386 g/mol. The second kappa shape index (κ2) is 8.22. The fraction of sp³-hybridized carbons (Fsp3) is 0.0435. The van der Waals surface area contributed by atoms with Crippen molar-refractivity contribution in [2.24, 2.45) is 0 Å². The van der Waals surface area contributed by atoms with Gasteiger partial charge in [-0.1, -0.05) is 41.5 Å². The number of hydrogen-bond acceptors (Lipinski definition) is 0. The van der Waals surface area contributed by atoms with E-state index in [1.54, 1.807) is 0 Å². The molecule has 1 heteroatoms. The summed E-state index contributed by atoms with van der Waals surface area (Å²) in [5.41, 5.74) is 5.51. The van der Waals surface area contributed by atoms with E-state index in [1.165, 1.54) is 57.3 Å². The molecule has 0 spiro atoms. The molecule has 4 aromatic carbocycles. The Hall–Kier alpha value is -1.98. The molecule has 0 N–H and O–H groups in total. The van der Waals surface area contributed by atoms with Crippen molar-refractivity contribution in [3.8, 4) is 11.1 Å². The monoisotopic (exact) mass is 384 g/mol. The van der Waals surface area contributed by atoms with E-state index in [2.05, 4.69) is 89.1 Å². The summed E-state index contributed by atoms with van der Waals surface area (Å²) in [6.45, 7) is 0. The van der Waals surface area contributed by atoms with E-state index in [9.17, 15) is 0 Å². The zero-order valence-corrected chi connectivity index (χ0v) is 16.0. The van der Waals surface area contributed by atoms with Crippen LogP contribution in [-0.2, 0) is 30.7 Å². The van der Waals surface area contributed by atoms with Gasteiger partial charge in [0.2, 0.25) is 0 Å². The Morgan fingerprint density at radius 2 is 1.58 bits per heavy atom. The van der Waals surface area contributed by atoms with Gasteiger partial charge in [0.05, 0.1) is 0 Å². The molecule has 0 aliphatic heterocycles. The molecule has 4 aromatic rings. The molecule has 0 amide bonds. The maximum Gasteiger partial charge on any atom is -0.0253 e.